The van der Waals surface area contributed by atoms with Crippen LogP contribution in [0, 0.1) is 11.8 Å². The molecule has 25 heavy (non-hydrogen) atoms. The Morgan fingerprint density at radius 2 is 1.60 bits per heavy atom. The summed E-state index contributed by atoms with van der Waals surface area (Å²) in [7, 11) is -3.49. The Labute approximate surface area is 150 Å². The lowest BCUT2D eigenvalue weighted by Crippen LogP contribution is -2.59. The molecule has 3 heterocycles. The predicted molar refractivity (Wildman–Crippen MR) is 94.2 cm³/mol. The van der Waals surface area contributed by atoms with E-state index in [1.54, 1.807) is 0 Å². The van der Waals surface area contributed by atoms with Crippen molar-refractivity contribution in [3.05, 3.63) is 0 Å². The maximum Gasteiger partial charge on any atom is 0.282 e. The van der Waals surface area contributed by atoms with E-state index in [9.17, 15) is 13.2 Å². The van der Waals surface area contributed by atoms with Gasteiger partial charge in [-0.15, -0.1) is 0 Å². The average molecular weight is 375 g/mol. The van der Waals surface area contributed by atoms with Crippen LogP contribution in [-0.4, -0.2) is 92.4 Å². The van der Waals surface area contributed by atoms with Gasteiger partial charge in [0.15, 0.2) is 0 Å². The number of rotatable bonds is 4. The first-order valence-corrected chi connectivity index (χ1v) is 10.6. The van der Waals surface area contributed by atoms with Gasteiger partial charge < -0.3 is 15.0 Å². The molecule has 8 nitrogen and oxygen atoms in total. The van der Waals surface area contributed by atoms with Gasteiger partial charge in [-0.2, -0.15) is 17.0 Å². The fraction of sp³-hybridized carbons (Fsp3) is 0.938. The van der Waals surface area contributed by atoms with Crippen LogP contribution in [0.1, 0.15) is 20.8 Å². The third kappa shape index (κ3) is 4.00. The van der Waals surface area contributed by atoms with E-state index in [0.717, 1.165) is 13.1 Å². The molecule has 144 valence electrons. The maximum absolute atomic E-state index is 12.9. The maximum atomic E-state index is 12.9. The molecule has 1 N–H and O–H groups in total. The van der Waals surface area contributed by atoms with Gasteiger partial charge in [-0.3, -0.25) is 4.79 Å². The average Bonchev–Trinajstić information content (AvgIpc) is 2.51. The summed E-state index contributed by atoms with van der Waals surface area (Å²) in [6.07, 6.45) is -0.198. The first-order chi connectivity index (χ1) is 11.8. The Balaban J connectivity index is 1.56. The topological polar surface area (TPSA) is 82.2 Å². The van der Waals surface area contributed by atoms with E-state index in [1.807, 2.05) is 25.7 Å². The van der Waals surface area contributed by atoms with Crippen molar-refractivity contribution in [2.45, 2.75) is 33.0 Å². The van der Waals surface area contributed by atoms with Gasteiger partial charge in [0.05, 0.1) is 12.2 Å². The van der Waals surface area contributed by atoms with Crippen molar-refractivity contribution >= 4 is 16.1 Å². The van der Waals surface area contributed by atoms with Gasteiger partial charge in [0.1, 0.15) is 0 Å². The number of nitrogens with zero attached hydrogens (tertiary/aromatic N) is 3. The number of carbonyl (C=O) groups excluding carboxylic acids is 1. The Morgan fingerprint density at radius 1 is 1.04 bits per heavy atom. The van der Waals surface area contributed by atoms with Gasteiger partial charge in [0, 0.05) is 45.2 Å². The van der Waals surface area contributed by atoms with E-state index in [4.69, 9.17) is 4.74 Å². The molecule has 3 rings (SSSR count). The first-order valence-electron chi connectivity index (χ1n) is 9.19. The minimum Gasteiger partial charge on any atom is -0.373 e. The second kappa shape index (κ2) is 7.48. The summed E-state index contributed by atoms with van der Waals surface area (Å²) in [5.74, 6) is 0.563. The Kier molecular flexibility index (Phi) is 5.69. The summed E-state index contributed by atoms with van der Waals surface area (Å²) in [5, 5.41) is 3.20. The highest BCUT2D eigenvalue weighted by molar-refractivity contribution is 7.86. The van der Waals surface area contributed by atoms with Gasteiger partial charge in [-0.25, -0.2) is 0 Å². The molecular formula is C16H30N4O4S. The highest BCUT2D eigenvalue weighted by atomic mass is 32.2. The van der Waals surface area contributed by atoms with Crippen LogP contribution >= 0.6 is 0 Å². The molecule has 3 unspecified atom stereocenters. The third-order valence-corrected chi connectivity index (χ3v) is 7.47. The second-order valence-corrected chi connectivity index (χ2v) is 9.44. The van der Waals surface area contributed by atoms with Gasteiger partial charge in [0.2, 0.25) is 5.91 Å². The highest BCUT2D eigenvalue weighted by Gasteiger charge is 2.38. The van der Waals surface area contributed by atoms with Crippen molar-refractivity contribution in [3.63, 3.8) is 0 Å². The minimum atomic E-state index is -3.49. The molecule has 3 aliphatic rings. The lowest BCUT2D eigenvalue weighted by Gasteiger charge is -2.41. The van der Waals surface area contributed by atoms with Crippen LogP contribution in [0.25, 0.3) is 0 Å². The smallest absolute Gasteiger partial charge is 0.282 e. The number of morpholine rings is 1. The number of amides is 1. The fourth-order valence-electron chi connectivity index (χ4n) is 3.78. The lowest BCUT2D eigenvalue weighted by atomic mass is 9.88. The van der Waals surface area contributed by atoms with Crippen molar-refractivity contribution in [1.29, 1.82) is 0 Å². The predicted octanol–water partition coefficient (Wildman–Crippen LogP) is -0.660. The van der Waals surface area contributed by atoms with Crippen molar-refractivity contribution in [3.8, 4) is 0 Å². The van der Waals surface area contributed by atoms with E-state index < -0.39 is 10.2 Å². The molecule has 9 heteroatoms. The van der Waals surface area contributed by atoms with Crippen molar-refractivity contribution < 1.29 is 17.9 Å². The van der Waals surface area contributed by atoms with Crippen LogP contribution in [-0.2, 0) is 19.7 Å². The molecule has 0 saturated carbocycles. The molecule has 3 atom stereocenters. The zero-order valence-electron chi connectivity index (χ0n) is 15.3. The summed E-state index contributed by atoms with van der Waals surface area (Å²) < 4.78 is 34.4. The number of nitrogens with one attached hydrogen (secondary N) is 1. The van der Waals surface area contributed by atoms with E-state index in [0.29, 0.717) is 45.2 Å². The molecule has 0 radical (unpaired) electrons. The van der Waals surface area contributed by atoms with Crippen molar-refractivity contribution in [1.82, 2.24) is 18.8 Å². The summed E-state index contributed by atoms with van der Waals surface area (Å²) in [5.41, 5.74) is 0. The molecule has 3 aliphatic heterocycles. The van der Waals surface area contributed by atoms with E-state index in [2.05, 4.69) is 5.32 Å². The number of carbonyl (C=O) groups is 1. The molecular weight excluding hydrogens is 344 g/mol. The Hall–Kier alpha value is -0.740. The molecule has 3 saturated heterocycles. The summed E-state index contributed by atoms with van der Waals surface area (Å²) in [6, 6.07) is 0. The van der Waals surface area contributed by atoms with Gasteiger partial charge >= 0.3 is 0 Å². The molecule has 0 bridgehead atoms. The molecule has 0 aromatic rings. The molecule has 3 fully saturated rings. The highest BCUT2D eigenvalue weighted by Crippen LogP contribution is 2.22. The van der Waals surface area contributed by atoms with Crippen molar-refractivity contribution in [2.75, 3.05) is 52.4 Å². The summed E-state index contributed by atoms with van der Waals surface area (Å²) in [4.78, 5) is 14.4. The number of hydrogen-bond acceptors (Lipinski definition) is 5. The van der Waals surface area contributed by atoms with E-state index in [1.165, 1.54) is 8.61 Å². The largest absolute Gasteiger partial charge is 0.373 e. The lowest BCUT2D eigenvalue weighted by molar-refractivity contribution is -0.138. The van der Waals surface area contributed by atoms with Crippen LogP contribution in [0.4, 0.5) is 0 Å². The SMILES string of the molecule is CC1CN(S(=O)(=O)N2CCN(C(=O)C(C)C3CNC3)CC2)CC(C)O1. The molecule has 0 aromatic carbocycles. The Bertz CT molecular complexity index is 577. The summed E-state index contributed by atoms with van der Waals surface area (Å²) >= 11 is 0. The van der Waals surface area contributed by atoms with E-state index in [-0.39, 0.29) is 24.0 Å². The van der Waals surface area contributed by atoms with Crippen LogP contribution < -0.4 is 5.32 Å². The third-order valence-electron chi connectivity index (χ3n) is 5.50. The number of hydrogen-bond donors (Lipinski definition) is 1. The van der Waals surface area contributed by atoms with Crippen molar-refractivity contribution in [2.24, 2.45) is 11.8 Å². The zero-order chi connectivity index (χ0) is 18.2. The quantitative estimate of drug-likeness (QED) is 0.707. The second-order valence-electron chi connectivity index (χ2n) is 7.51. The molecule has 0 spiro atoms. The summed E-state index contributed by atoms with van der Waals surface area (Å²) in [6.45, 7) is 10.0. The number of ether oxygens (including phenoxy) is 1. The van der Waals surface area contributed by atoms with Crippen LogP contribution in [0.3, 0.4) is 0 Å². The van der Waals surface area contributed by atoms with Gasteiger partial charge in [-0.1, -0.05) is 6.92 Å². The van der Waals surface area contributed by atoms with Gasteiger partial charge in [-0.05, 0) is 32.9 Å². The Morgan fingerprint density at radius 3 is 2.08 bits per heavy atom. The minimum absolute atomic E-state index is 0.00495. The number of piperazine rings is 1. The fourth-order valence-corrected chi connectivity index (χ4v) is 5.52. The molecule has 0 aliphatic carbocycles. The standard InChI is InChI=1S/C16H30N4O4S/c1-12-10-20(11-13(2)24-12)25(22,23)19-6-4-18(5-7-19)16(21)14(3)15-8-17-9-15/h12-15,17H,4-11H2,1-3H3. The van der Waals surface area contributed by atoms with Crippen LogP contribution in [0.15, 0.2) is 0 Å². The first kappa shape index (κ1) is 19.0. The molecule has 0 aromatic heterocycles. The normalized spacial score (nSPS) is 31.6. The molecule has 1 amide bonds. The van der Waals surface area contributed by atoms with Crippen LogP contribution in [0.2, 0.25) is 0 Å². The van der Waals surface area contributed by atoms with Gasteiger partial charge in [0.25, 0.3) is 10.2 Å². The van der Waals surface area contributed by atoms with Crippen LogP contribution in [0.5, 0.6) is 0 Å². The van der Waals surface area contributed by atoms with E-state index >= 15 is 0 Å². The monoisotopic (exact) mass is 374 g/mol. The zero-order valence-corrected chi connectivity index (χ0v) is 16.2.